The summed E-state index contributed by atoms with van der Waals surface area (Å²) in [6.45, 7) is -1.50. The van der Waals surface area contributed by atoms with Crippen LogP contribution >= 0.6 is 8.03 Å². The van der Waals surface area contributed by atoms with Gasteiger partial charge in [0.05, 0.1) is 0 Å². The Kier molecular flexibility index (Phi) is 4.65. The van der Waals surface area contributed by atoms with E-state index in [0.717, 1.165) is 11.4 Å². The van der Waals surface area contributed by atoms with Crippen LogP contribution < -0.4 is 0 Å². The second-order valence-electron chi connectivity index (χ2n) is 2.90. The summed E-state index contributed by atoms with van der Waals surface area (Å²) in [5.41, 5.74) is 0.751. The zero-order chi connectivity index (χ0) is 12.0. The van der Waals surface area contributed by atoms with E-state index < -0.39 is 20.8 Å². The van der Waals surface area contributed by atoms with Crippen molar-refractivity contribution in [2.75, 3.05) is 6.61 Å². The van der Waals surface area contributed by atoms with E-state index in [2.05, 4.69) is 4.52 Å². The monoisotopic (exact) mass is 249 g/mol. The van der Waals surface area contributed by atoms with Crippen molar-refractivity contribution in [1.29, 1.82) is 0 Å². The summed E-state index contributed by atoms with van der Waals surface area (Å²) in [7, 11) is -2.42. The van der Waals surface area contributed by atoms with Gasteiger partial charge in [-0.3, -0.25) is 0 Å². The summed E-state index contributed by atoms with van der Waals surface area (Å²) >= 11 is 0. The van der Waals surface area contributed by atoms with Gasteiger partial charge in [-0.05, 0) is 16.2 Å². The summed E-state index contributed by atoms with van der Waals surface area (Å²) in [4.78, 5) is 0. The van der Waals surface area contributed by atoms with Crippen molar-refractivity contribution in [2.45, 2.75) is 6.18 Å². The lowest BCUT2D eigenvalue weighted by molar-refractivity contribution is -0.152. The molecule has 0 N–H and O–H groups in total. The topological polar surface area (TPSA) is 26.3 Å². The highest BCUT2D eigenvalue weighted by atomic mass is 31.1. The van der Waals surface area contributed by atoms with Gasteiger partial charge in [-0.15, -0.1) is 4.52 Å². The molecule has 1 aromatic rings. The zero-order valence-corrected chi connectivity index (χ0v) is 9.04. The van der Waals surface area contributed by atoms with E-state index >= 15 is 0 Å². The third kappa shape index (κ3) is 5.63. The summed E-state index contributed by atoms with van der Waals surface area (Å²) in [6.07, 6.45) is -3.00. The molecule has 2 nitrogen and oxygen atoms in total. The quantitative estimate of drug-likeness (QED) is 0.754. The molecule has 0 aliphatic rings. The van der Waals surface area contributed by atoms with E-state index in [4.69, 9.17) is 0 Å². The number of halogens is 3. The third-order valence-corrected chi connectivity index (χ3v) is 2.32. The van der Waals surface area contributed by atoms with Gasteiger partial charge in [-0.1, -0.05) is 30.3 Å². The molecule has 1 aromatic carbocycles. The molecule has 0 aliphatic carbocycles. The molecular weight excluding hydrogens is 240 g/mol. The van der Waals surface area contributed by atoms with Crippen molar-refractivity contribution < 1.29 is 22.3 Å². The van der Waals surface area contributed by atoms with Crippen LogP contribution in [0.15, 0.2) is 36.1 Å². The van der Waals surface area contributed by atoms with Gasteiger partial charge in [0.15, 0.2) is 12.4 Å². The SMILES string of the molecule is O=[P+](C=Cc1ccccc1)OCC(F)(F)F. The first-order valence-electron chi connectivity index (χ1n) is 4.37. The minimum atomic E-state index is -4.45. The van der Waals surface area contributed by atoms with Crippen molar-refractivity contribution in [3.8, 4) is 0 Å². The highest BCUT2D eigenvalue weighted by Gasteiger charge is 2.32. The maximum absolute atomic E-state index is 11.7. The van der Waals surface area contributed by atoms with Crippen LogP contribution in [0.2, 0.25) is 0 Å². The first kappa shape index (κ1) is 12.9. The normalized spacial score (nSPS) is 13.1. The fraction of sp³-hybridized carbons (Fsp3) is 0.200. The largest absolute Gasteiger partial charge is 0.541 e. The van der Waals surface area contributed by atoms with Gasteiger partial charge in [0.2, 0.25) is 0 Å². The van der Waals surface area contributed by atoms with Gasteiger partial charge >= 0.3 is 14.2 Å². The molecule has 0 saturated heterocycles. The number of benzene rings is 1. The average Bonchev–Trinajstić information content (AvgIpc) is 2.24. The molecule has 0 heterocycles. The number of rotatable bonds is 4. The summed E-state index contributed by atoms with van der Waals surface area (Å²) < 4.78 is 50.2. The second kappa shape index (κ2) is 5.77. The van der Waals surface area contributed by atoms with E-state index in [0.29, 0.717) is 0 Å². The van der Waals surface area contributed by atoms with Gasteiger partial charge in [-0.2, -0.15) is 13.2 Å². The molecular formula is C10H9F3O2P+. The minimum Gasteiger partial charge on any atom is -0.168 e. The predicted molar refractivity (Wildman–Crippen MR) is 55.1 cm³/mol. The molecule has 1 atom stereocenters. The Hall–Kier alpha value is -1.19. The average molecular weight is 249 g/mol. The number of hydrogen-bond acceptors (Lipinski definition) is 2. The molecule has 1 unspecified atom stereocenters. The number of hydrogen-bond donors (Lipinski definition) is 0. The van der Waals surface area contributed by atoms with E-state index in [1.165, 1.54) is 6.08 Å². The molecule has 86 valence electrons. The highest BCUT2D eigenvalue weighted by molar-refractivity contribution is 7.43. The maximum atomic E-state index is 11.7. The Morgan fingerprint density at radius 2 is 1.88 bits per heavy atom. The molecule has 0 radical (unpaired) electrons. The fourth-order valence-corrected chi connectivity index (χ4v) is 1.54. The first-order valence-corrected chi connectivity index (χ1v) is 5.61. The standard InChI is InChI=1S/C10H9F3O2P/c11-10(12,13)8-15-16(14)7-6-9-4-2-1-3-5-9/h1-7H,8H2/q+1. The smallest absolute Gasteiger partial charge is 0.168 e. The van der Waals surface area contributed by atoms with Crippen molar-refractivity contribution in [3.63, 3.8) is 0 Å². The molecule has 0 spiro atoms. The Morgan fingerprint density at radius 1 is 1.25 bits per heavy atom. The molecule has 16 heavy (non-hydrogen) atoms. The lowest BCUT2D eigenvalue weighted by atomic mass is 10.2. The van der Waals surface area contributed by atoms with Crippen LogP contribution in [0.25, 0.3) is 6.08 Å². The summed E-state index contributed by atoms with van der Waals surface area (Å²) in [5, 5.41) is 0. The Bertz CT molecular complexity index is 373. The Labute approximate surface area is 91.6 Å². The molecule has 0 saturated carbocycles. The molecule has 0 aliphatic heterocycles. The van der Waals surface area contributed by atoms with E-state index in [1.54, 1.807) is 30.3 Å². The fourth-order valence-electron chi connectivity index (χ4n) is 0.891. The van der Waals surface area contributed by atoms with Crippen LogP contribution in [0.1, 0.15) is 5.56 Å². The van der Waals surface area contributed by atoms with Crippen LogP contribution in [0.5, 0.6) is 0 Å². The summed E-state index contributed by atoms with van der Waals surface area (Å²) in [6, 6.07) is 8.82. The van der Waals surface area contributed by atoms with E-state index in [-0.39, 0.29) is 0 Å². The molecule has 0 aromatic heterocycles. The van der Waals surface area contributed by atoms with E-state index in [1.807, 2.05) is 0 Å². The zero-order valence-electron chi connectivity index (χ0n) is 8.15. The molecule has 6 heteroatoms. The predicted octanol–water partition coefficient (Wildman–Crippen LogP) is 3.98. The second-order valence-corrected chi connectivity index (χ2v) is 4.03. The van der Waals surface area contributed by atoms with E-state index in [9.17, 15) is 17.7 Å². The molecule has 1 rings (SSSR count). The van der Waals surface area contributed by atoms with Gasteiger partial charge in [0.1, 0.15) is 0 Å². The lowest BCUT2D eigenvalue weighted by Gasteiger charge is -1.97. The minimum absolute atomic E-state index is 0.751. The van der Waals surface area contributed by atoms with Gasteiger partial charge in [0.25, 0.3) is 0 Å². The van der Waals surface area contributed by atoms with Crippen molar-refractivity contribution in [1.82, 2.24) is 0 Å². The van der Waals surface area contributed by atoms with Crippen LogP contribution in [0.4, 0.5) is 13.2 Å². The van der Waals surface area contributed by atoms with Crippen LogP contribution in [0.3, 0.4) is 0 Å². The van der Waals surface area contributed by atoms with Crippen molar-refractivity contribution in [3.05, 3.63) is 41.7 Å². The van der Waals surface area contributed by atoms with Gasteiger partial charge < -0.3 is 0 Å². The highest BCUT2D eigenvalue weighted by Crippen LogP contribution is 2.28. The molecule has 0 fully saturated rings. The van der Waals surface area contributed by atoms with Gasteiger partial charge in [0, 0.05) is 0 Å². The van der Waals surface area contributed by atoms with Crippen LogP contribution in [-0.2, 0) is 9.09 Å². The molecule has 0 bridgehead atoms. The van der Waals surface area contributed by atoms with Crippen molar-refractivity contribution in [2.24, 2.45) is 0 Å². The van der Waals surface area contributed by atoms with Crippen molar-refractivity contribution >= 4 is 14.1 Å². The van der Waals surface area contributed by atoms with Crippen LogP contribution in [-0.4, -0.2) is 12.8 Å². The molecule has 0 amide bonds. The van der Waals surface area contributed by atoms with Gasteiger partial charge in [-0.25, -0.2) is 0 Å². The maximum Gasteiger partial charge on any atom is 0.541 e. The third-order valence-electron chi connectivity index (χ3n) is 1.54. The Balaban J connectivity index is 2.43. The summed E-state index contributed by atoms with van der Waals surface area (Å²) in [5.74, 6) is 1.11. The number of alkyl halides is 3. The Morgan fingerprint density at radius 3 is 2.44 bits per heavy atom. The van der Waals surface area contributed by atoms with Crippen LogP contribution in [0, 0.1) is 0 Å². The first-order chi connectivity index (χ1) is 7.47. The lowest BCUT2D eigenvalue weighted by Crippen LogP contribution is -2.14.